The van der Waals surface area contributed by atoms with E-state index in [4.69, 9.17) is 50.5 Å². The van der Waals surface area contributed by atoms with Crippen LogP contribution >= 0.6 is 23.4 Å². The number of hydrogen-bond donors (Lipinski definition) is 2. The number of rotatable bonds is 18. The van der Waals surface area contributed by atoms with Crippen molar-refractivity contribution < 1.29 is 67.0 Å². The van der Waals surface area contributed by atoms with Gasteiger partial charge in [-0.05, 0) is 51.8 Å². The molecule has 374 valence electrons. The number of nitrogens with two attached hydrogens (primary N) is 1. The zero-order valence-electron chi connectivity index (χ0n) is 40.4. The highest BCUT2D eigenvalue weighted by Crippen LogP contribution is 2.49. The molecule has 1 aromatic carbocycles. The van der Waals surface area contributed by atoms with Crippen molar-refractivity contribution >= 4 is 64.6 Å². The van der Waals surface area contributed by atoms with Gasteiger partial charge in [0.05, 0.1) is 69.1 Å². The predicted molar refractivity (Wildman–Crippen MR) is 252 cm³/mol. The van der Waals surface area contributed by atoms with Crippen LogP contribution in [0, 0.1) is 5.92 Å². The lowest BCUT2D eigenvalue weighted by molar-refractivity contribution is -0.162. The Labute approximate surface area is 403 Å². The van der Waals surface area contributed by atoms with E-state index >= 15 is 0 Å². The number of carbonyl (C=O) groups excluding carboxylic acids is 6. The molecule has 3 N–H and O–H groups in total. The highest BCUT2D eigenvalue weighted by atomic mass is 35.5. The molecule has 2 bridgehead atoms. The van der Waals surface area contributed by atoms with Crippen LogP contribution in [-0.4, -0.2) is 171 Å². The summed E-state index contributed by atoms with van der Waals surface area (Å²) in [7, 11) is 5.95. The Morgan fingerprint density at radius 3 is 2.39 bits per heavy atom. The Morgan fingerprint density at radius 1 is 1.06 bits per heavy atom. The lowest BCUT2D eigenvalue weighted by atomic mass is 9.82. The number of fused-ring (bicyclic) bond motifs is 3. The van der Waals surface area contributed by atoms with Gasteiger partial charge in [0.25, 0.3) is 0 Å². The second-order valence-electron chi connectivity index (χ2n) is 17.6. The number of thioether (sulfide) groups is 1. The van der Waals surface area contributed by atoms with Crippen LogP contribution < -0.4 is 15.4 Å². The molecule has 3 aliphatic heterocycles. The number of ether oxygens (including phenoxy) is 7. The molecule has 9 atom stereocenters. The maximum absolute atomic E-state index is 14.3. The van der Waals surface area contributed by atoms with Gasteiger partial charge in [-0.1, -0.05) is 42.3 Å². The van der Waals surface area contributed by atoms with Crippen molar-refractivity contribution in [2.75, 3.05) is 78.5 Å². The van der Waals surface area contributed by atoms with E-state index in [2.05, 4.69) is 0 Å². The first-order valence-electron chi connectivity index (χ1n) is 22.4. The summed E-state index contributed by atoms with van der Waals surface area (Å²) in [5.41, 5.74) is 4.63. The molecule has 0 aliphatic carbocycles. The highest BCUT2D eigenvalue weighted by Gasteiger charge is 2.64. The first-order valence-corrected chi connectivity index (χ1v) is 23.9. The lowest BCUT2D eigenvalue weighted by Crippen LogP contribution is -2.48. The Bertz CT molecular complexity index is 2000. The second-order valence-corrected chi connectivity index (χ2v) is 19.3. The molecule has 67 heavy (non-hydrogen) atoms. The van der Waals surface area contributed by atoms with E-state index in [1.807, 2.05) is 13.0 Å². The summed E-state index contributed by atoms with van der Waals surface area (Å²) >= 11 is 8.00. The second kappa shape index (κ2) is 25.0. The number of nitrogens with zero attached hydrogens (tertiary/aromatic N) is 3. The minimum Gasteiger partial charge on any atom is -0.495 e. The number of imide groups is 1. The summed E-state index contributed by atoms with van der Waals surface area (Å²) in [6.07, 6.45) is 1.67. The molecule has 20 heteroatoms. The molecule has 0 aromatic heterocycles. The van der Waals surface area contributed by atoms with Crippen LogP contribution in [0.3, 0.4) is 0 Å². The normalized spacial score (nSPS) is 28.9. The minimum atomic E-state index is -1.54. The fourth-order valence-corrected chi connectivity index (χ4v) is 9.64. The van der Waals surface area contributed by atoms with Gasteiger partial charge in [0.15, 0.2) is 0 Å². The molecule has 4 rings (SSSR count). The Morgan fingerprint density at radius 2 is 1.75 bits per heavy atom. The van der Waals surface area contributed by atoms with Crippen molar-refractivity contribution in [2.45, 2.75) is 121 Å². The maximum Gasteiger partial charge on any atom is 0.328 e. The van der Waals surface area contributed by atoms with Crippen LogP contribution in [0.25, 0.3) is 0 Å². The number of epoxide rings is 1. The summed E-state index contributed by atoms with van der Waals surface area (Å²) < 4.78 is 40.3. The molecular formula is C47H69ClN4O14S. The predicted octanol–water partition coefficient (Wildman–Crippen LogP) is 3.64. The van der Waals surface area contributed by atoms with Crippen molar-refractivity contribution in [3.63, 3.8) is 0 Å². The molecule has 2 saturated heterocycles. The van der Waals surface area contributed by atoms with Gasteiger partial charge in [0.2, 0.25) is 23.6 Å². The van der Waals surface area contributed by atoms with Crippen molar-refractivity contribution in [3.8, 4) is 5.75 Å². The quantitative estimate of drug-likeness (QED) is 0.0927. The van der Waals surface area contributed by atoms with Gasteiger partial charge in [0, 0.05) is 65.6 Å². The first-order chi connectivity index (χ1) is 31.6. The van der Waals surface area contributed by atoms with Crippen LogP contribution in [0.15, 0.2) is 35.9 Å². The number of benzene rings is 1. The van der Waals surface area contributed by atoms with Crippen molar-refractivity contribution in [1.29, 1.82) is 0 Å². The van der Waals surface area contributed by atoms with Gasteiger partial charge in [0.1, 0.15) is 40.7 Å². The third-order valence-electron chi connectivity index (χ3n) is 12.4. The topological polar surface area (TPSA) is 226 Å². The monoisotopic (exact) mass is 980 g/mol. The van der Waals surface area contributed by atoms with Crippen LogP contribution in [-0.2, 0) is 63.6 Å². The number of anilines is 1. The SMILES string of the molecule is COc1cc2cc(c1Cl)N(C)C(=O)C[C@H](OC(=O)[C@H](C)N(C)C(=O)CCSC1CC(=O)N(CCOCCOCCN)C1=O)[C@]1(C)O[C@H]1[C@H](C)[C@@H](OC(C)=O)C[C@](C)(O)[C@H](OC)/C=C/C=C(\C)C2. The number of carbonyl (C=O) groups is 6. The molecule has 4 amide bonds. The zero-order chi connectivity index (χ0) is 49.8. The number of esters is 2. The number of halogens is 1. The van der Waals surface area contributed by atoms with Crippen LogP contribution in [0.4, 0.5) is 5.69 Å². The summed E-state index contributed by atoms with van der Waals surface area (Å²) in [5, 5.41) is 11.4. The van der Waals surface area contributed by atoms with E-state index in [1.54, 1.807) is 52.1 Å². The minimum absolute atomic E-state index is 0.000224. The van der Waals surface area contributed by atoms with Gasteiger partial charge in [-0.3, -0.25) is 28.9 Å². The maximum atomic E-state index is 14.3. The number of methoxy groups -OCH3 is 2. The van der Waals surface area contributed by atoms with Crippen molar-refractivity contribution in [1.82, 2.24) is 9.80 Å². The fourth-order valence-electron chi connectivity index (χ4n) is 8.22. The fraction of sp³-hybridized carbons (Fsp3) is 0.660. The van der Waals surface area contributed by atoms with Crippen molar-refractivity contribution in [3.05, 3.63) is 46.5 Å². The van der Waals surface area contributed by atoms with Gasteiger partial charge < -0.3 is 53.8 Å². The van der Waals surface area contributed by atoms with Crippen LogP contribution in [0.5, 0.6) is 5.75 Å². The number of amides is 4. The average molecular weight is 982 g/mol. The third-order valence-corrected chi connectivity index (χ3v) is 14.0. The summed E-state index contributed by atoms with van der Waals surface area (Å²) in [6, 6.07) is 2.44. The Balaban J connectivity index is 1.54. The van der Waals surface area contributed by atoms with E-state index in [0.29, 0.717) is 44.2 Å². The van der Waals surface area contributed by atoms with Crippen LogP contribution in [0.1, 0.15) is 72.8 Å². The van der Waals surface area contributed by atoms with E-state index in [9.17, 15) is 33.9 Å². The molecule has 1 unspecified atom stereocenters. The van der Waals surface area contributed by atoms with E-state index in [1.165, 1.54) is 56.7 Å². The number of likely N-dealkylation sites (tertiary alicyclic amines) is 1. The molecule has 3 heterocycles. The molecular weight excluding hydrogens is 912 g/mol. The number of aliphatic hydroxyl groups is 1. The Hall–Kier alpha value is -4.08. The standard InChI is InChI=1S/C47H69ClN4O14S/c1-28-12-11-13-37(61-10)46(5,59)27-35(64-31(4)53)29(2)43-47(6,66-43)38(26-40(55)51(8)33-23-32(22-28)24-34(60-9)42(33)48)65-45(58)30(3)50(7)39(54)14-21-67-36-25-41(56)52(44(36)57)16-18-63-20-19-62-17-15-49/h11-13,23-24,29-30,35-38,43,59H,14-22,25-27,49H2,1-10H3/b13-11+,28-12+/t29-,30+,35+,36?,37-,38+,43+,46+,47+/m1/s1. The van der Waals surface area contributed by atoms with Gasteiger partial charge in [-0.15, -0.1) is 11.8 Å². The van der Waals surface area contributed by atoms with Gasteiger partial charge in [-0.25, -0.2) is 4.79 Å². The molecule has 0 spiro atoms. The first kappa shape index (κ1) is 55.5. The van der Waals surface area contributed by atoms with E-state index in [-0.39, 0.29) is 61.4 Å². The smallest absolute Gasteiger partial charge is 0.328 e. The van der Waals surface area contributed by atoms with Gasteiger partial charge in [-0.2, -0.15) is 0 Å². The number of allylic oxidation sites excluding steroid dienone is 3. The highest BCUT2D eigenvalue weighted by molar-refractivity contribution is 8.00. The molecule has 18 nitrogen and oxygen atoms in total. The van der Waals surface area contributed by atoms with Crippen molar-refractivity contribution in [2.24, 2.45) is 11.7 Å². The lowest BCUT2D eigenvalue weighted by Gasteiger charge is -2.35. The number of likely N-dealkylation sites (N-methyl/N-ethyl adjacent to an activating group) is 1. The molecule has 1 aromatic rings. The number of hydrogen-bond acceptors (Lipinski definition) is 16. The van der Waals surface area contributed by atoms with E-state index in [0.717, 1.165) is 16.0 Å². The molecule has 3 aliphatic rings. The third kappa shape index (κ3) is 14.7. The molecule has 0 radical (unpaired) electrons. The summed E-state index contributed by atoms with van der Waals surface area (Å²) in [5.74, 6) is -3.01. The molecule has 2 fully saturated rings. The van der Waals surface area contributed by atoms with Crippen LogP contribution in [0.2, 0.25) is 5.02 Å². The Kier molecular flexibility index (Phi) is 20.7. The largest absolute Gasteiger partial charge is 0.495 e. The summed E-state index contributed by atoms with van der Waals surface area (Å²) in [4.78, 5) is 83.8. The average Bonchev–Trinajstić information content (AvgIpc) is 3.90. The molecule has 0 saturated carbocycles. The van der Waals surface area contributed by atoms with E-state index < -0.39 is 76.6 Å². The summed E-state index contributed by atoms with van der Waals surface area (Å²) in [6.45, 7) is 11.5. The zero-order valence-corrected chi connectivity index (χ0v) is 41.9. The van der Waals surface area contributed by atoms with Gasteiger partial charge >= 0.3 is 11.9 Å².